The maximum atomic E-state index is 12.7. The molecule has 0 saturated heterocycles. The molecule has 1 N–H and O–H groups in total. The van der Waals surface area contributed by atoms with Crippen LogP contribution in [0.2, 0.25) is 0 Å². The summed E-state index contributed by atoms with van der Waals surface area (Å²) in [7, 11) is 0. The molecule has 128 valence electrons. The van der Waals surface area contributed by atoms with Crippen LogP contribution in [0.15, 0.2) is 12.2 Å². The van der Waals surface area contributed by atoms with Crippen molar-refractivity contribution >= 4 is 5.91 Å². The Morgan fingerprint density at radius 3 is 2.26 bits per heavy atom. The smallest absolute Gasteiger partial charge is 0.246 e. The first kappa shape index (κ1) is 15.7. The van der Waals surface area contributed by atoms with Gasteiger partial charge in [-0.1, -0.05) is 33.3 Å². The summed E-state index contributed by atoms with van der Waals surface area (Å²) in [5.74, 6) is 3.88. The van der Waals surface area contributed by atoms with E-state index in [1.807, 2.05) is 6.92 Å². The second-order valence-electron chi connectivity index (χ2n) is 9.84. The van der Waals surface area contributed by atoms with Gasteiger partial charge >= 0.3 is 0 Å². The zero-order chi connectivity index (χ0) is 16.4. The minimum Gasteiger partial charge on any atom is -0.346 e. The molecule has 4 unspecified atom stereocenters. The van der Waals surface area contributed by atoms with Gasteiger partial charge in [-0.25, -0.2) is 0 Å². The molecule has 0 aliphatic heterocycles. The van der Waals surface area contributed by atoms with Gasteiger partial charge in [-0.3, -0.25) is 4.79 Å². The third-order valence-electron chi connectivity index (χ3n) is 8.04. The minimum absolute atomic E-state index is 0.0718. The summed E-state index contributed by atoms with van der Waals surface area (Å²) in [6.45, 7) is 10.7. The lowest BCUT2D eigenvalue weighted by Gasteiger charge is -2.67. The van der Waals surface area contributed by atoms with Crippen LogP contribution in [0.4, 0.5) is 0 Å². The molecule has 5 rings (SSSR count). The molecule has 2 nitrogen and oxygen atoms in total. The Balaban J connectivity index is 1.74. The van der Waals surface area contributed by atoms with Crippen LogP contribution in [0.25, 0.3) is 0 Å². The van der Waals surface area contributed by atoms with Crippen LogP contribution in [0, 0.1) is 35.0 Å². The predicted molar refractivity (Wildman–Crippen MR) is 93.9 cm³/mol. The summed E-state index contributed by atoms with van der Waals surface area (Å²) in [4.78, 5) is 12.7. The van der Waals surface area contributed by atoms with Gasteiger partial charge in [-0.2, -0.15) is 0 Å². The van der Waals surface area contributed by atoms with Crippen molar-refractivity contribution in [2.75, 3.05) is 0 Å². The molecule has 0 radical (unpaired) electrons. The Bertz CT molecular complexity index is 520. The molecule has 5 aliphatic carbocycles. The lowest BCUT2D eigenvalue weighted by molar-refractivity contribution is -0.153. The lowest BCUT2D eigenvalue weighted by atomic mass is 9.41. The van der Waals surface area contributed by atoms with E-state index in [0.29, 0.717) is 28.7 Å². The average molecular weight is 316 g/mol. The molecule has 4 atom stereocenters. The SMILES string of the molecule is C=C(C)C(=O)NC1(C2CCCC2C)C2CC3CC1CC(C)(C3)C2. The molecule has 0 spiro atoms. The molecule has 23 heavy (non-hydrogen) atoms. The number of hydrogen-bond donors (Lipinski definition) is 1. The van der Waals surface area contributed by atoms with E-state index < -0.39 is 0 Å². The molecule has 0 aromatic rings. The van der Waals surface area contributed by atoms with Gasteiger partial charge in [-0.15, -0.1) is 0 Å². The van der Waals surface area contributed by atoms with Gasteiger partial charge in [-0.05, 0) is 80.5 Å². The van der Waals surface area contributed by atoms with E-state index in [1.54, 1.807) is 0 Å². The van der Waals surface area contributed by atoms with Crippen LogP contribution in [-0.2, 0) is 4.79 Å². The molecular weight excluding hydrogens is 282 g/mol. The molecule has 5 aliphatic rings. The van der Waals surface area contributed by atoms with Crippen molar-refractivity contribution in [3.05, 3.63) is 12.2 Å². The van der Waals surface area contributed by atoms with Crippen LogP contribution in [-0.4, -0.2) is 11.4 Å². The maximum Gasteiger partial charge on any atom is 0.246 e. The largest absolute Gasteiger partial charge is 0.346 e. The lowest BCUT2D eigenvalue weighted by Crippen LogP contribution is -2.71. The number of rotatable bonds is 3. The highest BCUT2D eigenvalue weighted by molar-refractivity contribution is 5.92. The second-order valence-corrected chi connectivity index (χ2v) is 9.84. The first-order chi connectivity index (χ1) is 10.8. The summed E-state index contributed by atoms with van der Waals surface area (Å²) < 4.78 is 0. The zero-order valence-electron chi connectivity index (χ0n) is 15.2. The average Bonchev–Trinajstić information content (AvgIpc) is 2.87. The topological polar surface area (TPSA) is 29.1 Å². The van der Waals surface area contributed by atoms with E-state index in [4.69, 9.17) is 0 Å². The monoisotopic (exact) mass is 315 g/mol. The molecule has 2 heteroatoms. The molecule has 0 aromatic heterocycles. The maximum absolute atomic E-state index is 12.7. The number of amides is 1. The number of carbonyl (C=O) groups excluding carboxylic acids is 1. The first-order valence-electron chi connectivity index (χ1n) is 9.82. The second kappa shape index (κ2) is 5.10. The summed E-state index contributed by atoms with van der Waals surface area (Å²) >= 11 is 0. The van der Waals surface area contributed by atoms with Crippen molar-refractivity contribution in [2.45, 2.75) is 77.7 Å². The van der Waals surface area contributed by atoms with Crippen LogP contribution in [0.3, 0.4) is 0 Å². The molecule has 0 heterocycles. The minimum atomic E-state index is 0.0718. The molecule has 4 bridgehead atoms. The van der Waals surface area contributed by atoms with Crippen molar-refractivity contribution in [2.24, 2.45) is 35.0 Å². The quantitative estimate of drug-likeness (QED) is 0.751. The fourth-order valence-corrected chi connectivity index (χ4v) is 7.49. The van der Waals surface area contributed by atoms with Crippen molar-refractivity contribution in [3.63, 3.8) is 0 Å². The third-order valence-corrected chi connectivity index (χ3v) is 8.04. The number of hydrogen-bond acceptors (Lipinski definition) is 1. The fourth-order valence-electron chi connectivity index (χ4n) is 7.49. The Hall–Kier alpha value is -0.790. The van der Waals surface area contributed by atoms with E-state index in [1.165, 1.54) is 51.4 Å². The first-order valence-corrected chi connectivity index (χ1v) is 9.82. The summed E-state index contributed by atoms with van der Waals surface area (Å²) in [6, 6.07) is 0. The Labute approximate surface area is 141 Å². The van der Waals surface area contributed by atoms with Crippen molar-refractivity contribution in [3.8, 4) is 0 Å². The van der Waals surface area contributed by atoms with Crippen LogP contribution < -0.4 is 5.32 Å². The highest BCUT2D eigenvalue weighted by atomic mass is 16.1. The van der Waals surface area contributed by atoms with Gasteiger partial charge in [0.05, 0.1) is 0 Å². The fraction of sp³-hybridized carbons (Fsp3) is 0.857. The Kier molecular flexibility index (Phi) is 3.49. The van der Waals surface area contributed by atoms with E-state index in [-0.39, 0.29) is 11.4 Å². The molecular formula is C21H33NO. The summed E-state index contributed by atoms with van der Waals surface area (Å²) in [5, 5.41) is 3.63. The van der Waals surface area contributed by atoms with Gasteiger partial charge in [0.15, 0.2) is 0 Å². The van der Waals surface area contributed by atoms with Gasteiger partial charge in [0.2, 0.25) is 5.91 Å². The summed E-state index contributed by atoms with van der Waals surface area (Å²) in [5.41, 5.74) is 1.30. The predicted octanol–water partition coefficient (Wildman–Crippen LogP) is 4.70. The van der Waals surface area contributed by atoms with E-state index >= 15 is 0 Å². The van der Waals surface area contributed by atoms with E-state index in [0.717, 1.165) is 11.8 Å². The zero-order valence-corrected chi connectivity index (χ0v) is 15.2. The third kappa shape index (κ3) is 2.23. The van der Waals surface area contributed by atoms with E-state index in [2.05, 4.69) is 25.7 Å². The number of nitrogens with one attached hydrogen (secondary N) is 1. The van der Waals surface area contributed by atoms with Crippen molar-refractivity contribution in [1.29, 1.82) is 0 Å². The standard InChI is InChI=1S/C21H33NO/c1-13(2)19(23)22-21(18-7-5-6-14(18)3)16-8-15-9-17(21)12-20(4,10-15)11-16/h14-18H,1,5-12H2,2-4H3,(H,22,23). The Morgan fingerprint density at radius 1 is 1.13 bits per heavy atom. The van der Waals surface area contributed by atoms with Crippen molar-refractivity contribution in [1.82, 2.24) is 5.32 Å². The van der Waals surface area contributed by atoms with Gasteiger partial charge in [0, 0.05) is 11.1 Å². The molecule has 5 fully saturated rings. The van der Waals surface area contributed by atoms with Gasteiger partial charge < -0.3 is 5.32 Å². The normalized spacial score (nSPS) is 51.0. The Morgan fingerprint density at radius 2 is 1.78 bits per heavy atom. The molecule has 1 amide bonds. The molecule has 5 saturated carbocycles. The number of carbonyl (C=O) groups is 1. The van der Waals surface area contributed by atoms with Crippen LogP contribution in [0.5, 0.6) is 0 Å². The van der Waals surface area contributed by atoms with Gasteiger partial charge in [0.25, 0.3) is 0 Å². The highest BCUT2D eigenvalue weighted by Gasteiger charge is 2.64. The van der Waals surface area contributed by atoms with Crippen LogP contribution in [0.1, 0.15) is 72.1 Å². The van der Waals surface area contributed by atoms with E-state index in [9.17, 15) is 4.79 Å². The van der Waals surface area contributed by atoms with Gasteiger partial charge in [0.1, 0.15) is 0 Å². The summed E-state index contributed by atoms with van der Waals surface area (Å²) in [6.07, 6.45) is 10.8. The van der Waals surface area contributed by atoms with Crippen LogP contribution >= 0.6 is 0 Å². The van der Waals surface area contributed by atoms with Crippen molar-refractivity contribution < 1.29 is 4.79 Å². The molecule has 0 aromatic carbocycles. The highest BCUT2D eigenvalue weighted by Crippen LogP contribution is 2.66.